The van der Waals surface area contributed by atoms with Gasteiger partial charge in [0, 0.05) is 0 Å². The van der Waals surface area contributed by atoms with Crippen LogP contribution in [0.15, 0.2) is 58.9 Å². The summed E-state index contributed by atoms with van der Waals surface area (Å²) < 4.78 is 8.54. The minimum Gasteiger partial charge on any atom is -0.507 e. The maximum absolute atomic E-state index is 11.4. The standard InChI is InChI=1S/C13H10N4O3S6.C13H12N2O5S3/c1-21-10-14-16-12(25-10)23-8-6(19)3-5(4-18)7(20)9(8)24-13-17-15-11(22-2)26-13;1-6(11(19)20-2)21-12-14-15-13(23-12)22-10-4-8(17)7(5-16)3-9(10)18/h3-4,19-20H,1-2H3;3-6,17-18H,1-2H3. The highest BCUT2D eigenvalue weighted by Crippen LogP contribution is 2.50. The first-order chi connectivity index (χ1) is 23.5. The number of nitrogens with zero attached hydrogens (tertiary/aromatic N) is 6. The Balaban J connectivity index is 0.000000223. The topological polar surface area (TPSA) is 219 Å². The molecule has 14 nitrogen and oxygen atoms in total. The van der Waals surface area contributed by atoms with Crippen LogP contribution in [-0.4, -0.2) is 94.4 Å². The number of aromatic nitrogens is 6. The number of hydrogen-bond donors (Lipinski definition) is 4. The van der Waals surface area contributed by atoms with Crippen molar-refractivity contribution in [3.8, 4) is 23.0 Å². The van der Waals surface area contributed by atoms with Crippen molar-refractivity contribution >= 4 is 123 Å². The van der Waals surface area contributed by atoms with Gasteiger partial charge in [0.1, 0.15) is 28.2 Å². The van der Waals surface area contributed by atoms with E-state index in [0.29, 0.717) is 44.6 Å². The van der Waals surface area contributed by atoms with Crippen LogP contribution in [0.25, 0.3) is 0 Å². The predicted octanol–water partition coefficient (Wildman–Crippen LogP) is 6.93. The third kappa shape index (κ3) is 10.4. The monoisotopic (exact) mass is 834 g/mol. The molecule has 0 radical (unpaired) electrons. The molecular formula is C26H22N6O8S9. The molecule has 0 aliphatic rings. The first-order valence-electron chi connectivity index (χ1n) is 12.9. The zero-order valence-electron chi connectivity index (χ0n) is 25.2. The van der Waals surface area contributed by atoms with Gasteiger partial charge in [-0.1, -0.05) is 105 Å². The van der Waals surface area contributed by atoms with Gasteiger partial charge in [-0.3, -0.25) is 14.4 Å². The van der Waals surface area contributed by atoms with Crippen LogP contribution < -0.4 is 0 Å². The molecule has 0 saturated carbocycles. The van der Waals surface area contributed by atoms with Crippen LogP contribution in [0.3, 0.4) is 0 Å². The Morgan fingerprint density at radius 1 is 0.694 bits per heavy atom. The quantitative estimate of drug-likeness (QED) is 0.0409. The number of hydrogen-bond acceptors (Lipinski definition) is 23. The predicted molar refractivity (Wildman–Crippen MR) is 193 cm³/mol. The van der Waals surface area contributed by atoms with Gasteiger partial charge in [0.15, 0.2) is 38.6 Å². The van der Waals surface area contributed by atoms with E-state index in [4.69, 9.17) is 0 Å². The molecule has 49 heavy (non-hydrogen) atoms. The van der Waals surface area contributed by atoms with Gasteiger partial charge < -0.3 is 25.2 Å². The maximum atomic E-state index is 11.4. The van der Waals surface area contributed by atoms with Crippen LogP contribution in [0.4, 0.5) is 0 Å². The number of ether oxygens (including phenoxy) is 1. The van der Waals surface area contributed by atoms with E-state index in [9.17, 15) is 34.8 Å². The van der Waals surface area contributed by atoms with Crippen molar-refractivity contribution in [3.63, 3.8) is 0 Å². The molecule has 258 valence electrons. The average molecular weight is 835 g/mol. The van der Waals surface area contributed by atoms with E-state index >= 15 is 0 Å². The lowest BCUT2D eigenvalue weighted by molar-refractivity contribution is -0.139. The van der Waals surface area contributed by atoms with Crippen molar-refractivity contribution in [1.29, 1.82) is 0 Å². The number of carbonyl (C=O) groups excluding carboxylic acids is 3. The molecule has 4 N–H and O–H groups in total. The molecule has 5 aromatic rings. The van der Waals surface area contributed by atoms with E-state index in [1.807, 2.05) is 12.5 Å². The number of esters is 1. The smallest absolute Gasteiger partial charge is 0.318 e. The number of aldehydes is 2. The molecule has 0 saturated heterocycles. The molecule has 23 heteroatoms. The zero-order chi connectivity index (χ0) is 35.7. The molecule has 5 rings (SSSR count). The summed E-state index contributed by atoms with van der Waals surface area (Å²) in [5, 5.41) is 64.1. The van der Waals surface area contributed by atoms with E-state index in [1.54, 1.807) is 6.92 Å². The normalized spacial score (nSPS) is 11.4. The summed E-state index contributed by atoms with van der Waals surface area (Å²) in [5.41, 5.74) is 0.0123. The Morgan fingerprint density at radius 3 is 1.71 bits per heavy atom. The molecule has 3 heterocycles. The number of methoxy groups -OCH3 is 1. The van der Waals surface area contributed by atoms with Gasteiger partial charge in [0.05, 0.1) is 32.9 Å². The lowest BCUT2D eigenvalue weighted by Gasteiger charge is -2.11. The average Bonchev–Trinajstić information content (AvgIpc) is 3.87. The van der Waals surface area contributed by atoms with E-state index in [0.717, 1.165) is 32.2 Å². The summed E-state index contributed by atoms with van der Waals surface area (Å²) in [6.07, 6.45) is 4.75. The van der Waals surface area contributed by atoms with Gasteiger partial charge in [-0.2, -0.15) is 0 Å². The molecule has 0 bridgehead atoms. The summed E-state index contributed by atoms with van der Waals surface area (Å²) in [6, 6.07) is 3.70. The van der Waals surface area contributed by atoms with E-state index in [1.165, 1.54) is 106 Å². The Morgan fingerprint density at radius 2 is 1.18 bits per heavy atom. The highest BCUT2D eigenvalue weighted by atomic mass is 32.2. The van der Waals surface area contributed by atoms with Crippen LogP contribution in [0, 0.1) is 0 Å². The van der Waals surface area contributed by atoms with Gasteiger partial charge in [0.2, 0.25) is 0 Å². The van der Waals surface area contributed by atoms with Crippen LogP contribution in [0.5, 0.6) is 23.0 Å². The fourth-order valence-electron chi connectivity index (χ4n) is 3.23. The fourth-order valence-corrected chi connectivity index (χ4v) is 11.6. The van der Waals surface area contributed by atoms with Crippen LogP contribution in [-0.2, 0) is 9.53 Å². The second-order valence-corrected chi connectivity index (χ2v) is 19.0. The Bertz CT molecular complexity index is 1950. The molecule has 2 aromatic carbocycles. The number of benzene rings is 2. The van der Waals surface area contributed by atoms with Crippen LogP contribution in [0.2, 0.25) is 0 Å². The molecule has 1 unspecified atom stereocenters. The van der Waals surface area contributed by atoms with Crippen molar-refractivity contribution in [3.05, 3.63) is 29.3 Å². The summed E-state index contributed by atoms with van der Waals surface area (Å²) in [6.45, 7) is 1.70. The summed E-state index contributed by atoms with van der Waals surface area (Å²) in [4.78, 5) is 34.4. The molecular weight excluding hydrogens is 813 g/mol. The summed E-state index contributed by atoms with van der Waals surface area (Å²) >= 11 is 11.6. The number of rotatable bonds is 13. The summed E-state index contributed by atoms with van der Waals surface area (Å²) in [7, 11) is 1.32. The molecule has 0 amide bonds. The lowest BCUT2D eigenvalue weighted by atomic mass is 10.2. The largest absolute Gasteiger partial charge is 0.507 e. The van der Waals surface area contributed by atoms with Crippen molar-refractivity contribution in [1.82, 2.24) is 30.6 Å². The third-order valence-corrected chi connectivity index (χ3v) is 14.9. The Labute approximate surface area is 315 Å². The first kappa shape index (κ1) is 39.0. The van der Waals surface area contributed by atoms with E-state index in [2.05, 4.69) is 35.3 Å². The minimum atomic E-state index is -0.407. The molecule has 3 aromatic heterocycles. The molecule has 1 atom stereocenters. The van der Waals surface area contributed by atoms with Gasteiger partial charge in [-0.15, -0.1) is 30.6 Å². The number of thioether (sulfide) groups is 3. The molecule has 0 aliphatic heterocycles. The molecule has 0 spiro atoms. The lowest BCUT2D eigenvalue weighted by Crippen LogP contribution is -2.14. The third-order valence-electron chi connectivity index (χ3n) is 5.48. The van der Waals surface area contributed by atoms with Crippen LogP contribution >= 0.6 is 105 Å². The highest BCUT2D eigenvalue weighted by molar-refractivity contribution is 8.05. The van der Waals surface area contributed by atoms with Gasteiger partial charge in [0.25, 0.3) is 0 Å². The maximum Gasteiger partial charge on any atom is 0.318 e. The first-order valence-corrected chi connectivity index (χ1v) is 21.1. The molecule has 0 fully saturated rings. The molecule has 0 aliphatic carbocycles. The second-order valence-electron chi connectivity index (χ2n) is 8.61. The van der Waals surface area contributed by atoms with Crippen molar-refractivity contribution in [2.24, 2.45) is 0 Å². The van der Waals surface area contributed by atoms with E-state index in [-0.39, 0.29) is 40.1 Å². The van der Waals surface area contributed by atoms with Gasteiger partial charge in [-0.05, 0) is 37.6 Å². The van der Waals surface area contributed by atoms with Crippen molar-refractivity contribution in [2.45, 2.75) is 52.9 Å². The van der Waals surface area contributed by atoms with Crippen LogP contribution in [0.1, 0.15) is 27.6 Å². The zero-order valence-corrected chi connectivity index (χ0v) is 32.6. The number of phenolic OH excluding ortho intramolecular Hbond substituents is 4. The van der Waals surface area contributed by atoms with E-state index < -0.39 is 5.25 Å². The fraction of sp³-hybridized carbons (Fsp3) is 0.192. The Kier molecular flexibility index (Phi) is 14.7. The minimum absolute atomic E-state index is 0.00558. The van der Waals surface area contributed by atoms with Crippen molar-refractivity contribution < 1.29 is 39.5 Å². The summed E-state index contributed by atoms with van der Waals surface area (Å²) in [5.74, 6) is -1.04. The number of carbonyl (C=O) groups is 3. The highest BCUT2D eigenvalue weighted by Gasteiger charge is 2.23. The number of phenols is 4. The Hall–Kier alpha value is -2.77. The second kappa shape index (κ2) is 18.5. The number of aromatic hydroxyl groups is 4. The van der Waals surface area contributed by atoms with Gasteiger partial charge in [-0.25, -0.2) is 0 Å². The van der Waals surface area contributed by atoms with Gasteiger partial charge >= 0.3 is 5.97 Å². The van der Waals surface area contributed by atoms with Crippen molar-refractivity contribution in [2.75, 3.05) is 19.6 Å². The SMILES string of the molecule is COC(=O)C(C)Sc1nnc(Sc2cc(O)c(C=O)cc2O)s1.CSc1nnc(Sc2c(O)cc(C=O)c(O)c2Sc2nnc(SC)s2)s1.